The second-order valence-corrected chi connectivity index (χ2v) is 3.67. The number of hydrogen-bond donors (Lipinski definition) is 1. The zero-order chi connectivity index (χ0) is 9.42. The van der Waals surface area contributed by atoms with Crippen LogP contribution in [0.5, 0.6) is 0 Å². The number of nitrogen functional groups attached to an aromatic ring is 1. The number of benzene rings is 1. The summed E-state index contributed by atoms with van der Waals surface area (Å²) in [6.07, 6.45) is 1.13. The average molecular weight is 302 g/mol. The largest absolute Gasteiger partial charge is 1.00 e. The zero-order valence-electron chi connectivity index (χ0n) is 8.55. The lowest BCUT2D eigenvalue weighted by Gasteiger charge is -2.14. The van der Waals surface area contributed by atoms with Crippen molar-refractivity contribution in [3.05, 3.63) is 29.3 Å². The van der Waals surface area contributed by atoms with E-state index in [4.69, 9.17) is 5.73 Å². The van der Waals surface area contributed by atoms with Gasteiger partial charge in [-0.25, -0.2) is 4.58 Å². The predicted octanol–water partition coefficient (Wildman–Crippen LogP) is -1.72. The first-order chi connectivity index (χ1) is 6.18. The molecular formula is C11H15IN2. The van der Waals surface area contributed by atoms with Gasteiger partial charge < -0.3 is 29.7 Å². The van der Waals surface area contributed by atoms with Gasteiger partial charge in [-0.15, -0.1) is 0 Å². The average Bonchev–Trinajstić information content (AvgIpc) is 2.12. The molecule has 0 unspecified atom stereocenters. The van der Waals surface area contributed by atoms with Gasteiger partial charge in [0.05, 0.1) is 0 Å². The van der Waals surface area contributed by atoms with Gasteiger partial charge in [0.1, 0.15) is 13.6 Å². The minimum atomic E-state index is 0. The van der Waals surface area contributed by atoms with Gasteiger partial charge in [0.2, 0.25) is 0 Å². The summed E-state index contributed by atoms with van der Waals surface area (Å²) in [5.74, 6) is 0. The maximum atomic E-state index is 5.76. The van der Waals surface area contributed by atoms with Crippen molar-refractivity contribution < 1.29 is 28.6 Å². The highest BCUT2D eigenvalue weighted by Gasteiger charge is 2.18. The van der Waals surface area contributed by atoms with E-state index in [2.05, 4.69) is 30.7 Å². The fraction of sp³-hybridized carbons (Fsp3) is 0.364. The number of nitrogens with zero attached hydrogens (tertiary/aromatic N) is 1. The Kier molecular flexibility index (Phi) is 3.53. The molecule has 0 fully saturated rings. The number of anilines is 1. The number of rotatable bonds is 0. The lowest BCUT2D eigenvalue weighted by Crippen LogP contribution is -3.00. The van der Waals surface area contributed by atoms with Gasteiger partial charge in [-0.3, -0.25) is 0 Å². The molecule has 0 saturated carbocycles. The topological polar surface area (TPSA) is 29.0 Å². The molecule has 2 nitrogen and oxygen atoms in total. The molecule has 76 valence electrons. The van der Waals surface area contributed by atoms with E-state index < -0.39 is 0 Å². The first kappa shape index (κ1) is 11.5. The molecule has 0 amide bonds. The Morgan fingerprint density at radius 1 is 1.36 bits per heavy atom. The van der Waals surface area contributed by atoms with Crippen LogP contribution in [0.4, 0.5) is 5.69 Å². The van der Waals surface area contributed by atoms with Crippen molar-refractivity contribution in [3.8, 4) is 0 Å². The van der Waals surface area contributed by atoms with Crippen molar-refractivity contribution in [1.29, 1.82) is 0 Å². The third kappa shape index (κ3) is 1.92. The Bertz CT molecular complexity index is 383. The highest BCUT2D eigenvalue weighted by molar-refractivity contribution is 5.97. The van der Waals surface area contributed by atoms with E-state index in [1.54, 1.807) is 0 Å². The fourth-order valence-corrected chi connectivity index (χ4v) is 1.81. The lowest BCUT2D eigenvalue weighted by atomic mass is 9.97. The SMILES string of the molecule is CC1=[N+](C)CCc2ccc(N)cc21.[I-]. The van der Waals surface area contributed by atoms with E-state index >= 15 is 0 Å². The van der Waals surface area contributed by atoms with E-state index in [-0.39, 0.29) is 24.0 Å². The molecule has 1 aliphatic rings. The van der Waals surface area contributed by atoms with Crippen LogP contribution >= 0.6 is 0 Å². The molecule has 14 heavy (non-hydrogen) atoms. The minimum absolute atomic E-state index is 0. The normalized spacial score (nSPS) is 14.7. The van der Waals surface area contributed by atoms with Crippen LogP contribution < -0.4 is 29.7 Å². The number of halogens is 1. The van der Waals surface area contributed by atoms with E-state index in [9.17, 15) is 0 Å². The molecule has 2 rings (SSSR count). The molecule has 0 radical (unpaired) electrons. The fourth-order valence-electron chi connectivity index (χ4n) is 1.81. The summed E-state index contributed by atoms with van der Waals surface area (Å²) in [5, 5.41) is 0. The molecule has 3 heteroatoms. The van der Waals surface area contributed by atoms with Crippen molar-refractivity contribution in [2.75, 3.05) is 19.3 Å². The molecule has 0 saturated heterocycles. The van der Waals surface area contributed by atoms with Crippen LogP contribution in [0.15, 0.2) is 18.2 Å². The lowest BCUT2D eigenvalue weighted by molar-refractivity contribution is -0.498. The Hall–Kier alpha value is -0.580. The zero-order valence-corrected chi connectivity index (χ0v) is 10.7. The van der Waals surface area contributed by atoms with Crippen molar-refractivity contribution in [1.82, 2.24) is 0 Å². The van der Waals surface area contributed by atoms with Crippen molar-refractivity contribution in [2.45, 2.75) is 13.3 Å². The second kappa shape index (κ2) is 4.29. The molecular weight excluding hydrogens is 287 g/mol. The maximum Gasteiger partial charge on any atom is 0.180 e. The third-order valence-corrected chi connectivity index (χ3v) is 2.81. The molecule has 1 heterocycles. The summed E-state index contributed by atoms with van der Waals surface area (Å²) in [6.45, 7) is 3.26. The predicted molar refractivity (Wildman–Crippen MR) is 55.4 cm³/mol. The highest BCUT2D eigenvalue weighted by Crippen LogP contribution is 2.18. The monoisotopic (exact) mass is 302 g/mol. The molecule has 0 aliphatic carbocycles. The summed E-state index contributed by atoms with van der Waals surface area (Å²) in [4.78, 5) is 0. The highest BCUT2D eigenvalue weighted by atomic mass is 127. The van der Waals surface area contributed by atoms with Crippen molar-refractivity contribution >= 4 is 11.4 Å². The van der Waals surface area contributed by atoms with Gasteiger partial charge in [-0.1, -0.05) is 6.07 Å². The van der Waals surface area contributed by atoms with E-state index in [0.29, 0.717) is 0 Å². The molecule has 0 atom stereocenters. The molecule has 1 aromatic carbocycles. The number of nitrogens with two attached hydrogens (primary N) is 1. The van der Waals surface area contributed by atoms with E-state index in [1.165, 1.54) is 16.8 Å². The smallest absolute Gasteiger partial charge is 0.180 e. The molecule has 0 bridgehead atoms. The molecule has 0 spiro atoms. The Labute approximate surface area is 102 Å². The Morgan fingerprint density at radius 2 is 2.07 bits per heavy atom. The number of fused-ring (bicyclic) bond motifs is 1. The van der Waals surface area contributed by atoms with Crippen LogP contribution in [-0.2, 0) is 6.42 Å². The van der Waals surface area contributed by atoms with Gasteiger partial charge >= 0.3 is 0 Å². The van der Waals surface area contributed by atoms with Crippen LogP contribution in [0.25, 0.3) is 0 Å². The first-order valence-electron chi connectivity index (χ1n) is 4.62. The van der Waals surface area contributed by atoms with Gasteiger partial charge in [-0.05, 0) is 17.7 Å². The van der Waals surface area contributed by atoms with Crippen LogP contribution in [0, 0.1) is 0 Å². The number of hydrogen-bond acceptors (Lipinski definition) is 1. The van der Waals surface area contributed by atoms with E-state index in [0.717, 1.165) is 18.7 Å². The maximum absolute atomic E-state index is 5.76. The Balaban J connectivity index is 0.000000980. The molecule has 2 N–H and O–H groups in total. The van der Waals surface area contributed by atoms with Crippen molar-refractivity contribution in [3.63, 3.8) is 0 Å². The Morgan fingerprint density at radius 3 is 2.79 bits per heavy atom. The van der Waals surface area contributed by atoms with Gasteiger partial charge in [-0.2, -0.15) is 0 Å². The summed E-state index contributed by atoms with van der Waals surface area (Å²) in [5.41, 5.74) is 10.7. The molecule has 1 aliphatic heterocycles. The first-order valence-corrected chi connectivity index (χ1v) is 4.62. The van der Waals surface area contributed by atoms with Crippen LogP contribution in [0.1, 0.15) is 18.1 Å². The quantitative estimate of drug-likeness (QED) is 0.345. The second-order valence-electron chi connectivity index (χ2n) is 3.67. The van der Waals surface area contributed by atoms with Crippen LogP contribution in [-0.4, -0.2) is 23.9 Å². The van der Waals surface area contributed by atoms with Crippen LogP contribution in [0.3, 0.4) is 0 Å². The van der Waals surface area contributed by atoms with Crippen molar-refractivity contribution in [2.24, 2.45) is 0 Å². The summed E-state index contributed by atoms with van der Waals surface area (Å²) >= 11 is 0. The van der Waals surface area contributed by atoms with Gasteiger partial charge in [0.15, 0.2) is 5.71 Å². The van der Waals surface area contributed by atoms with Crippen LogP contribution in [0.2, 0.25) is 0 Å². The van der Waals surface area contributed by atoms with E-state index in [1.807, 2.05) is 6.07 Å². The minimum Gasteiger partial charge on any atom is -1.00 e. The summed E-state index contributed by atoms with van der Waals surface area (Å²) in [6, 6.07) is 6.19. The molecule has 0 aromatic heterocycles. The summed E-state index contributed by atoms with van der Waals surface area (Å²) in [7, 11) is 2.13. The standard InChI is InChI=1S/C11H15N2.HI/c1-8-11-7-10(12)4-3-9(11)5-6-13(8)2;/h3-4,7H,5-6,12H2,1-2H3;1H/q+1;/p-1. The van der Waals surface area contributed by atoms with Gasteiger partial charge in [0.25, 0.3) is 0 Å². The molecule has 1 aromatic rings. The van der Waals surface area contributed by atoms with Gasteiger partial charge in [0, 0.05) is 24.6 Å². The third-order valence-electron chi connectivity index (χ3n) is 2.81. The number of likely N-dealkylation sites (N-methyl/N-ethyl adjacent to an activating group) is 1. The summed E-state index contributed by atoms with van der Waals surface area (Å²) < 4.78 is 2.28.